The number of nitrogens with one attached hydrogen (secondary N) is 2. The summed E-state index contributed by atoms with van der Waals surface area (Å²) in [5.74, 6) is 0.716. The molecule has 1 saturated heterocycles. The molecule has 1 aliphatic rings. The molecule has 1 aromatic heterocycles. The number of anilines is 1. The molecule has 2 rings (SSSR count). The van der Waals surface area contributed by atoms with Gasteiger partial charge in [0.25, 0.3) is 0 Å². The number of carbonyl (C=O) groups is 1. The molecule has 0 aliphatic carbocycles. The van der Waals surface area contributed by atoms with E-state index in [4.69, 9.17) is 0 Å². The summed E-state index contributed by atoms with van der Waals surface area (Å²) >= 11 is 0. The number of hydrogen-bond donors (Lipinski definition) is 2. The van der Waals surface area contributed by atoms with Crippen LogP contribution >= 0.6 is 0 Å². The smallest absolute Gasteiger partial charge is 0.221 e. The summed E-state index contributed by atoms with van der Waals surface area (Å²) in [6.45, 7) is 4.69. The quantitative estimate of drug-likeness (QED) is 0.793. The van der Waals surface area contributed by atoms with Crippen LogP contribution in [0.4, 0.5) is 5.69 Å². The van der Waals surface area contributed by atoms with E-state index < -0.39 is 0 Å². The molecule has 5 nitrogen and oxygen atoms in total. The van der Waals surface area contributed by atoms with E-state index in [-0.39, 0.29) is 5.91 Å². The van der Waals surface area contributed by atoms with Gasteiger partial charge in [0.1, 0.15) is 0 Å². The maximum absolute atomic E-state index is 10.8. The van der Waals surface area contributed by atoms with Gasteiger partial charge >= 0.3 is 0 Å². The molecule has 1 aromatic rings. The van der Waals surface area contributed by atoms with Crippen LogP contribution in [0, 0.1) is 5.92 Å². The molecule has 0 saturated carbocycles. The summed E-state index contributed by atoms with van der Waals surface area (Å²) < 4.78 is 1.89. The average molecular weight is 222 g/mol. The van der Waals surface area contributed by atoms with Crippen molar-refractivity contribution in [3.63, 3.8) is 0 Å². The number of carbonyl (C=O) groups excluding carboxylic acids is 1. The fourth-order valence-electron chi connectivity index (χ4n) is 2.03. The molecule has 1 atom stereocenters. The van der Waals surface area contributed by atoms with E-state index in [1.165, 1.54) is 13.3 Å². The second kappa shape index (κ2) is 5.12. The van der Waals surface area contributed by atoms with E-state index in [1.54, 1.807) is 6.20 Å². The van der Waals surface area contributed by atoms with Gasteiger partial charge in [0.15, 0.2) is 0 Å². The zero-order chi connectivity index (χ0) is 11.4. The van der Waals surface area contributed by atoms with E-state index in [9.17, 15) is 4.79 Å². The Bertz CT molecular complexity index is 355. The van der Waals surface area contributed by atoms with Crippen LogP contribution in [0.3, 0.4) is 0 Å². The molecule has 2 heterocycles. The van der Waals surface area contributed by atoms with Gasteiger partial charge in [-0.3, -0.25) is 9.48 Å². The van der Waals surface area contributed by atoms with Crippen LogP contribution in [-0.4, -0.2) is 28.8 Å². The molecule has 1 amide bonds. The van der Waals surface area contributed by atoms with Crippen molar-refractivity contribution in [3.05, 3.63) is 12.4 Å². The zero-order valence-electron chi connectivity index (χ0n) is 9.57. The number of aromatic nitrogens is 2. The summed E-state index contributed by atoms with van der Waals surface area (Å²) in [7, 11) is 0. The summed E-state index contributed by atoms with van der Waals surface area (Å²) in [5, 5.41) is 10.3. The normalized spacial score (nSPS) is 19.9. The maximum Gasteiger partial charge on any atom is 0.221 e. The first-order chi connectivity index (χ1) is 7.74. The maximum atomic E-state index is 10.8. The van der Waals surface area contributed by atoms with Gasteiger partial charge in [-0.2, -0.15) is 5.10 Å². The van der Waals surface area contributed by atoms with Crippen LogP contribution < -0.4 is 10.6 Å². The van der Waals surface area contributed by atoms with E-state index in [2.05, 4.69) is 15.7 Å². The molecule has 0 radical (unpaired) electrons. The van der Waals surface area contributed by atoms with Crippen LogP contribution in [0.5, 0.6) is 0 Å². The zero-order valence-corrected chi connectivity index (χ0v) is 9.57. The largest absolute Gasteiger partial charge is 0.324 e. The third-order valence-corrected chi connectivity index (χ3v) is 2.88. The number of amides is 1. The van der Waals surface area contributed by atoms with Crippen molar-refractivity contribution in [2.24, 2.45) is 5.92 Å². The molecular formula is C11H18N4O. The second-order valence-electron chi connectivity index (χ2n) is 4.32. The average Bonchev–Trinajstić information content (AvgIpc) is 2.84. The van der Waals surface area contributed by atoms with Gasteiger partial charge in [-0.25, -0.2) is 0 Å². The Morgan fingerprint density at radius 3 is 3.31 bits per heavy atom. The van der Waals surface area contributed by atoms with Gasteiger partial charge < -0.3 is 10.6 Å². The molecule has 16 heavy (non-hydrogen) atoms. The Kier molecular flexibility index (Phi) is 3.56. The number of aryl methyl sites for hydroxylation is 1. The molecule has 1 aliphatic heterocycles. The Hall–Kier alpha value is -1.36. The van der Waals surface area contributed by atoms with Crippen molar-refractivity contribution >= 4 is 11.6 Å². The summed E-state index contributed by atoms with van der Waals surface area (Å²) in [6.07, 6.45) is 5.98. The standard InChI is InChI=1S/C11H18N4O/c1-9(16)14-11-7-13-15(8-11)5-3-10-2-4-12-6-10/h7-8,10,12H,2-6H2,1H3,(H,14,16). The molecule has 0 spiro atoms. The van der Waals surface area contributed by atoms with Gasteiger partial charge in [-0.15, -0.1) is 0 Å². The lowest BCUT2D eigenvalue weighted by atomic mass is 10.1. The number of hydrogen-bond acceptors (Lipinski definition) is 3. The van der Waals surface area contributed by atoms with Crippen molar-refractivity contribution in [2.75, 3.05) is 18.4 Å². The number of rotatable bonds is 4. The fraction of sp³-hybridized carbons (Fsp3) is 0.636. The molecule has 5 heteroatoms. The number of nitrogens with zero attached hydrogens (tertiary/aromatic N) is 2. The van der Waals surface area contributed by atoms with Crippen LogP contribution in [0.25, 0.3) is 0 Å². The Balaban J connectivity index is 1.80. The van der Waals surface area contributed by atoms with E-state index in [1.807, 2.05) is 10.9 Å². The molecule has 1 fully saturated rings. The van der Waals surface area contributed by atoms with Crippen LogP contribution in [0.15, 0.2) is 12.4 Å². The van der Waals surface area contributed by atoms with E-state index in [0.717, 1.165) is 37.7 Å². The molecule has 0 aromatic carbocycles. The van der Waals surface area contributed by atoms with E-state index >= 15 is 0 Å². The highest BCUT2D eigenvalue weighted by atomic mass is 16.1. The van der Waals surface area contributed by atoms with Crippen molar-refractivity contribution < 1.29 is 4.79 Å². The SMILES string of the molecule is CC(=O)Nc1cnn(CCC2CCNC2)c1. The molecule has 88 valence electrons. The first-order valence-electron chi connectivity index (χ1n) is 5.75. The van der Waals surface area contributed by atoms with Gasteiger partial charge in [0.2, 0.25) is 5.91 Å². The van der Waals surface area contributed by atoms with Crippen molar-refractivity contribution in [3.8, 4) is 0 Å². The van der Waals surface area contributed by atoms with Crippen LogP contribution in [0.1, 0.15) is 19.8 Å². The monoisotopic (exact) mass is 222 g/mol. The van der Waals surface area contributed by atoms with Crippen LogP contribution in [-0.2, 0) is 11.3 Å². The summed E-state index contributed by atoms with van der Waals surface area (Å²) in [4.78, 5) is 10.8. The highest BCUT2D eigenvalue weighted by Crippen LogP contribution is 2.14. The predicted molar refractivity (Wildman–Crippen MR) is 62.1 cm³/mol. The lowest BCUT2D eigenvalue weighted by molar-refractivity contribution is -0.114. The Morgan fingerprint density at radius 1 is 1.75 bits per heavy atom. The van der Waals surface area contributed by atoms with Gasteiger partial charge in [-0.1, -0.05) is 0 Å². The van der Waals surface area contributed by atoms with Crippen molar-refractivity contribution in [2.45, 2.75) is 26.3 Å². The Morgan fingerprint density at radius 2 is 2.62 bits per heavy atom. The highest BCUT2D eigenvalue weighted by Gasteiger charge is 2.14. The van der Waals surface area contributed by atoms with Crippen LogP contribution in [0.2, 0.25) is 0 Å². The molecule has 1 unspecified atom stereocenters. The van der Waals surface area contributed by atoms with E-state index in [0.29, 0.717) is 0 Å². The summed E-state index contributed by atoms with van der Waals surface area (Å²) in [6, 6.07) is 0. The fourth-order valence-corrected chi connectivity index (χ4v) is 2.03. The van der Waals surface area contributed by atoms with Gasteiger partial charge in [0.05, 0.1) is 11.9 Å². The minimum atomic E-state index is -0.0560. The molecule has 2 N–H and O–H groups in total. The van der Waals surface area contributed by atoms with Crippen molar-refractivity contribution in [1.29, 1.82) is 0 Å². The third kappa shape index (κ3) is 3.06. The third-order valence-electron chi connectivity index (χ3n) is 2.88. The van der Waals surface area contributed by atoms with Gasteiger partial charge in [0, 0.05) is 19.7 Å². The Labute approximate surface area is 95.2 Å². The first-order valence-corrected chi connectivity index (χ1v) is 5.75. The summed E-state index contributed by atoms with van der Waals surface area (Å²) in [5.41, 5.74) is 0.775. The second-order valence-corrected chi connectivity index (χ2v) is 4.32. The minimum Gasteiger partial charge on any atom is -0.324 e. The van der Waals surface area contributed by atoms with Gasteiger partial charge in [-0.05, 0) is 31.8 Å². The van der Waals surface area contributed by atoms with Crippen molar-refractivity contribution in [1.82, 2.24) is 15.1 Å². The molecular weight excluding hydrogens is 204 g/mol. The first kappa shape index (κ1) is 11.1. The lowest BCUT2D eigenvalue weighted by Crippen LogP contribution is -2.11. The molecule has 0 bridgehead atoms. The predicted octanol–water partition coefficient (Wildman–Crippen LogP) is 0.841. The minimum absolute atomic E-state index is 0.0560. The lowest BCUT2D eigenvalue weighted by Gasteiger charge is -2.07. The highest BCUT2D eigenvalue weighted by molar-refractivity contribution is 5.88. The topological polar surface area (TPSA) is 59.0 Å².